The molecule has 0 spiro atoms. The second-order valence-corrected chi connectivity index (χ2v) is 6.29. The van der Waals surface area contributed by atoms with Crippen molar-refractivity contribution in [2.75, 3.05) is 0 Å². The van der Waals surface area contributed by atoms with Crippen LogP contribution in [0.2, 0.25) is 0 Å². The van der Waals surface area contributed by atoms with E-state index in [2.05, 4.69) is 9.97 Å². The van der Waals surface area contributed by atoms with Crippen LogP contribution < -0.4 is 0 Å². The third kappa shape index (κ3) is 2.71. The van der Waals surface area contributed by atoms with Crippen LogP contribution in [0.1, 0.15) is 33.4 Å². The molecule has 0 aliphatic carbocycles. The molecule has 1 saturated heterocycles. The lowest BCUT2D eigenvalue weighted by molar-refractivity contribution is 0.00578. The van der Waals surface area contributed by atoms with Crippen molar-refractivity contribution in [3.63, 3.8) is 0 Å². The molecule has 2 aromatic rings. The van der Waals surface area contributed by atoms with Gasteiger partial charge in [0, 0.05) is 11.6 Å². The highest BCUT2D eigenvalue weighted by Crippen LogP contribution is 2.36. The monoisotopic (exact) mass is 282 g/mol. The molecule has 21 heavy (non-hydrogen) atoms. The number of pyridine rings is 2. The fourth-order valence-electron chi connectivity index (χ4n) is 2.22. The van der Waals surface area contributed by atoms with E-state index in [4.69, 9.17) is 9.31 Å². The van der Waals surface area contributed by atoms with E-state index in [1.807, 2.05) is 57.9 Å². The molecule has 1 fully saturated rings. The lowest BCUT2D eigenvalue weighted by atomic mass is 9.89. The summed E-state index contributed by atoms with van der Waals surface area (Å²) in [6, 6.07) is 5.96. The number of aromatic nitrogens is 2. The Morgan fingerprint density at radius 3 is 2.48 bits per heavy atom. The van der Waals surface area contributed by atoms with Crippen LogP contribution >= 0.6 is 0 Å². The molecule has 108 valence electrons. The minimum Gasteiger partial charge on any atom is -0.400 e. The van der Waals surface area contributed by atoms with E-state index in [-0.39, 0.29) is 18.3 Å². The molecule has 1 aliphatic rings. The molecule has 0 N–H and O–H groups in total. The van der Waals surface area contributed by atoms with Crippen LogP contribution in [0.3, 0.4) is 0 Å². The Hall–Kier alpha value is -1.72. The molecule has 0 radical (unpaired) electrons. The van der Waals surface area contributed by atoms with Gasteiger partial charge in [0.15, 0.2) is 0 Å². The summed E-state index contributed by atoms with van der Waals surface area (Å²) in [5, 5.41) is 1.08. The van der Waals surface area contributed by atoms with Crippen molar-refractivity contribution in [3.8, 4) is 0 Å². The quantitative estimate of drug-likeness (QED) is 0.793. The van der Waals surface area contributed by atoms with Gasteiger partial charge in [0.05, 0.1) is 28.6 Å². The van der Waals surface area contributed by atoms with Crippen molar-refractivity contribution in [3.05, 3.63) is 42.3 Å². The van der Waals surface area contributed by atoms with Crippen molar-refractivity contribution < 1.29 is 9.31 Å². The molecule has 0 bridgehead atoms. The molecule has 2 aromatic heterocycles. The van der Waals surface area contributed by atoms with Gasteiger partial charge in [0.1, 0.15) is 0 Å². The highest BCUT2D eigenvalue weighted by molar-refractivity contribution is 6.52. The van der Waals surface area contributed by atoms with Gasteiger partial charge in [0.25, 0.3) is 0 Å². The Balaban J connectivity index is 1.79. The van der Waals surface area contributed by atoms with Gasteiger partial charge in [-0.05, 0) is 45.9 Å². The maximum absolute atomic E-state index is 5.92. The smallest absolute Gasteiger partial charge is 0.400 e. The summed E-state index contributed by atoms with van der Waals surface area (Å²) in [6.45, 7) is 8.17. The largest absolute Gasteiger partial charge is 0.487 e. The predicted octanol–water partition coefficient (Wildman–Crippen LogP) is 3.27. The van der Waals surface area contributed by atoms with E-state index in [1.165, 1.54) is 0 Å². The Bertz CT molecular complexity index is 681. The van der Waals surface area contributed by atoms with Crippen molar-refractivity contribution in [2.24, 2.45) is 0 Å². The summed E-state index contributed by atoms with van der Waals surface area (Å²) in [7, 11) is -0.346. The molecule has 0 aromatic carbocycles. The fraction of sp³-hybridized carbons (Fsp3) is 0.375. The highest BCUT2D eigenvalue weighted by atomic mass is 16.7. The van der Waals surface area contributed by atoms with Crippen LogP contribution in [0.5, 0.6) is 0 Å². The second kappa shape index (κ2) is 4.93. The molecule has 3 heterocycles. The Kier molecular flexibility index (Phi) is 3.34. The highest BCUT2D eigenvalue weighted by Gasteiger charge is 2.49. The SMILES string of the molecule is CC1(C)OB(/C=C/c2ccc3ccncc3n2)OC1(C)C. The maximum atomic E-state index is 5.92. The van der Waals surface area contributed by atoms with Crippen LogP contribution in [0.4, 0.5) is 0 Å². The van der Waals surface area contributed by atoms with Crippen LogP contribution in [-0.4, -0.2) is 28.3 Å². The average Bonchev–Trinajstić information content (AvgIpc) is 2.64. The molecule has 5 heteroatoms. The lowest BCUT2D eigenvalue weighted by Gasteiger charge is -2.32. The zero-order valence-corrected chi connectivity index (χ0v) is 12.8. The Morgan fingerprint density at radius 1 is 1.05 bits per heavy atom. The number of fused-ring (bicyclic) bond motifs is 1. The molecule has 3 rings (SSSR count). The van der Waals surface area contributed by atoms with E-state index < -0.39 is 0 Å². The van der Waals surface area contributed by atoms with Crippen molar-refractivity contribution in [1.29, 1.82) is 0 Å². The molecule has 0 saturated carbocycles. The minimum absolute atomic E-state index is 0.317. The zero-order valence-electron chi connectivity index (χ0n) is 12.8. The first-order valence-electron chi connectivity index (χ1n) is 7.12. The maximum Gasteiger partial charge on any atom is 0.487 e. The normalized spacial score (nSPS) is 20.5. The Morgan fingerprint density at radius 2 is 1.76 bits per heavy atom. The summed E-state index contributed by atoms with van der Waals surface area (Å²) in [4.78, 5) is 8.64. The van der Waals surface area contributed by atoms with Crippen LogP contribution in [0.15, 0.2) is 36.6 Å². The molecule has 1 aliphatic heterocycles. The summed E-state index contributed by atoms with van der Waals surface area (Å²) in [5.41, 5.74) is 1.12. The summed E-state index contributed by atoms with van der Waals surface area (Å²) in [5.74, 6) is 1.90. The number of rotatable bonds is 2. The van der Waals surface area contributed by atoms with Crippen molar-refractivity contribution in [2.45, 2.75) is 38.9 Å². The number of hydrogen-bond donors (Lipinski definition) is 0. The topological polar surface area (TPSA) is 44.2 Å². The summed E-state index contributed by atoms with van der Waals surface area (Å²) < 4.78 is 11.8. The van der Waals surface area contributed by atoms with Gasteiger partial charge in [-0.25, -0.2) is 4.98 Å². The fourth-order valence-corrected chi connectivity index (χ4v) is 2.22. The first-order chi connectivity index (χ1) is 9.87. The van der Waals surface area contributed by atoms with Gasteiger partial charge in [0.2, 0.25) is 0 Å². The standard InChI is InChI=1S/C16H19BN2O2/c1-15(2)16(3,4)21-17(20-15)9-7-13-6-5-12-8-10-18-11-14(12)19-13/h5-11H,1-4H3/b9-7+. The summed E-state index contributed by atoms with van der Waals surface area (Å²) >= 11 is 0. The third-order valence-corrected chi connectivity index (χ3v) is 4.21. The second-order valence-electron chi connectivity index (χ2n) is 6.29. The predicted molar refractivity (Wildman–Crippen MR) is 84.7 cm³/mol. The van der Waals surface area contributed by atoms with Crippen molar-refractivity contribution >= 4 is 24.1 Å². The molecule has 0 unspecified atom stereocenters. The van der Waals surface area contributed by atoms with Gasteiger partial charge in [-0.1, -0.05) is 12.0 Å². The van der Waals surface area contributed by atoms with Crippen molar-refractivity contribution in [1.82, 2.24) is 9.97 Å². The number of nitrogens with zero attached hydrogens (tertiary/aromatic N) is 2. The first kappa shape index (κ1) is 14.2. The van der Waals surface area contributed by atoms with Gasteiger partial charge in [-0.15, -0.1) is 0 Å². The van der Waals surface area contributed by atoms with Gasteiger partial charge < -0.3 is 9.31 Å². The van der Waals surface area contributed by atoms with Crippen LogP contribution in [-0.2, 0) is 9.31 Å². The molecular weight excluding hydrogens is 263 g/mol. The van der Waals surface area contributed by atoms with E-state index in [0.29, 0.717) is 0 Å². The van der Waals surface area contributed by atoms with Crippen LogP contribution in [0.25, 0.3) is 17.0 Å². The zero-order chi connectivity index (χ0) is 15.1. The minimum atomic E-state index is -0.346. The average molecular weight is 282 g/mol. The molecular formula is C16H19BN2O2. The molecule has 4 nitrogen and oxygen atoms in total. The van der Waals surface area contributed by atoms with E-state index in [9.17, 15) is 0 Å². The van der Waals surface area contributed by atoms with E-state index >= 15 is 0 Å². The lowest BCUT2D eigenvalue weighted by Crippen LogP contribution is -2.41. The third-order valence-electron chi connectivity index (χ3n) is 4.21. The van der Waals surface area contributed by atoms with Gasteiger partial charge in [-0.2, -0.15) is 0 Å². The van der Waals surface area contributed by atoms with E-state index in [0.717, 1.165) is 16.6 Å². The number of hydrogen-bond acceptors (Lipinski definition) is 4. The molecule has 0 atom stereocenters. The Labute approximate surface area is 125 Å². The first-order valence-corrected chi connectivity index (χ1v) is 7.12. The van der Waals surface area contributed by atoms with Gasteiger partial charge >= 0.3 is 7.12 Å². The van der Waals surface area contributed by atoms with Crippen LogP contribution in [0, 0.1) is 0 Å². The van der Waals surface area contributed by atoms with Gasteiger partial charge in [-0.3, -0.25) is 4.98 Å². The molecule has 0 amide bonds. The van der Waals surface area contributed by atoms with E-state index in [1.54, 1.807) is 12.4 Å². The summed E-state index contributed by atoms with van der Waals surface area (Å²) in [6.07, 6.45) is 5.46.